The maximum atomic E-state index is 5.74. The van der Waals surface area contributed by atoms with Crippen molar-refractivity contribution in [2.24, 2.45) is 35.0 Å². The van der Waals surface area contributed by atoms with Crippen molar-refractivity contribution in [1.82, 2.24) is 0 Å². The van der Waals surface area contributed by atoms with E-state index in [1.807, 2.05) is 0 Å². The van der Waals surface area contributed by atoms with Crippen LogP contribution in [0.25, 0.3) is 0 Å². The van der Waals surface area contributed by atoms with Gasteiger partial charge in [-0.05, 0) is 73.9 Å². The van der Waals surface area contributed by atoms with Crippen LogP contribution in [0.1, 0.15) is 222 Å². The van der Waals surface area contributed by atoms with Crippen LogP contribution in [0.3, 0.4) is 0 Å². The summed E-state index contributed by atoms with van der Waals surface area (Å²) < 4.78 is 0. The second kappa shape index (κ2) is 34.0. The summed E-state index contributed by atoms with van der Waals surface area (Å²) in [5.74, 6) is 4.50. The van der Waals surface area contributed by atoms with E-state index in [9.17, 15) is 0 Å². The summed E-state index contributed by atoms with van der Waals surface area (Å²) in [5.41, 5.74) is -0.151. The SMILES string of the molecule is CC(C)CCCCCCC(S)C(S)C(C(S)CCCCCCC(C)C)(C(S)CCCCCCC(C)C)C(CCCS)C(S)CCCCCCC(C)C. The fraction of sp³-hybridized carbons (Fsp3) is 1.00. The molecule has 0 aromatic heterocycles. The van der Waals surface area contributed by atoms with E-state index < -0.39 is 0 Å². The van der Waals surface area contributed by atoms with Gasteiger partial charge in [0.25, 0.3) is 0 Å². The van der Waals surface area contributed by atoms with Crippen molar-refractivity contribution in [3.8, 4) is 0 Å². The molecule has 0 N–H and O–H groups in total. The lowest BCUT2D eigenvalue weighted by Gasteiger charge is -2.55. The molecule has 0 saturated heterocycles. The van der Waals surface area contributed by atoms with Gasteiger partial charge >= 0.3 is 0 Å². The quantitative estimate of drug-likeness (QED) is 0.0261. The first-order chi connectivity index (χ1) is 24.7. The Kier molecular flexibility index (Phi) is 35.4. The number of hydrogen-bond donors (Lipinski definition) is 6. The first-order valence-electron chi connectivity index (χ1n) is 22.7. The maximum absolute atomic E-state index is 5.74. The van der Waals surface area contributed by atoms with Gasteiger partial charge in [0.05, 0.1) is 0 Å². The smallest absolute Gasteiger partial charge is 0.0214 e. The minimum absolute atomic E-state index is 0.129. The molecule has 6 unspecified atom stereocenters. The van der Waals surface area contributed by atoms with Gasteiger partial charge in [-0.25, -0.2) is 0 Å². The average molecular weight is 840 g/mol. The Labute approximate surface area is 362 Å². The van der Waals surface area contributed by atoms with Crippen molar-refractivity contribution in [3.63, 3.8) is 0 Å². The van der Waals surface area contributed by atoms with E-state index in [0.717, 1.165) is 61.5 Å². The van der Waals surface area contributed by atoms with Crippen LogP contribution >= 0.6 is 75.8 Å². The monoisotopic (exact) mass is 839 g/mol. The Morgan fingerprint density at radius 1 is 0.327 bits per heavy atom. The maximum Gasteiger partial charge on any atom is 0.0214 e. The Hall–Kier alpha value is 2.10. The fourth-order valence-corrected chi connectivity index (χ4v) is 12.3. The molecule has 0 aliphatic heterocycles. The second-order valence-electron chi connectivity index (χ2n) is 18.6. The Bertz CT molecular complexity index is 744. The summed E-state index contributed by atoms with van der Waals surface area (Å²) in [4.78, 5) is 0. The van der Waals surface area contributed by atoms with Gasteiger partial charge in [0.1, 0.15) is 0 Å². The summed E-state index contributed by atoms with van der Waals surface area (Å²) in [7, 11) is 0. The lowest BCUT2D eigenvalue weighted by Crippen LogP contribution is -2.58. The van der Waals surface area contributed by atoms with Crippen LogP contribution in [0, 0.1) is 35.0 Å². The molecule has 0 nitrogen and oxygen atoms in total. The Morgan fingerprint density at radius 3 is 0.923 bits per heavy atom. The molecule has 0 saturated carbocycles. The van der Waals surface area contributed by atoms with Gasteiger partial charge in [-0.3, -0.25) is 0 Å². The zero-order chi connectivity index (χ0) is 39.4. The van der Waals surface area contributed by atoms with Crippen molar-refractivity contribution in [1.29, 1.82) is 0 Å². The van der Waals surface area contributed by atoms with Gasteiger partial charge in [0, 0.05) is 31.7 Å². The molecule has 52 heavy (non-hydrogen) atoms. The van der Waals surface area contributed by atoms with E-state index in [2.05, 4.69) is 55.4 Å². The third-order valence-electron chi connectivity index (χ3n) is 11.9. The molecule has 6 heteroatoms. The number of unbranched alkanes of at least 4 members (excludes halogenated alkanes) is 12. The molecule has 0 spiro atoms. The molecule has 0 aliphatic carbocycles. The van der Waals surface area contributed by atoms with Crippen LogP contribution < -0.4 is 0 Å². The zero-order valence-electron chi connectivity index (χ0n) is 36.0. The van der Waals surface area contributed by atoms with E-state index in [1.54, 1.807) is 0 Å². The van der Waals surface area contributed by atoms with E-state index in [-0.39, 0.29) is 26.4 Å². The fourth-order valence-electron chi connectivity index (χ4n) is 8.62. The van der Waals surface area contributed by atoms with Crippen LogP contribution in [-0.2, 0) is 0 Å². The summed E-state index contributed by atoms with van der Waals surface area (Å²) in [6.45, 7) is 18.8. The highest BCUT2D eigenvalue weighted by Gasteiger charge is 2.54. The van der Waals surface area contributed by atoms with Crippen LogP contribution in [0.4, 0.5) is 0 Å². The molecule has 0 amide bonds. The van der Waals surface area contributed by atoms with Crippen molar-refractivity contribution in [3.05, 3.63) is 0 Å². The average Bonchev–Trinajstić information content (AvgIpc) is 3.08. The molecule has 0 bridgehead atoms. The minimum Gasteiger partial charge on any atom is -0.179 e. The second-order valence-corrected chi connectivity index (χ2v) is 22.2. The van der Waals surface area contributed by atoms with Gasteiger partial charge in [0.2, 0.25) is 0 Å². The molecule has 0 rings (SSSR count). The molecule has 0 fully saturated rings. The Balaban J connectivity index is 6.47. The normalized spacial score (nSPS) is 17.2. The van der Waals surface area contributed by atoms with Gasteiger partial charge in [-0.15, -0.1) is 0 Å². The lowest BCUT2D eigenvalue weighted by molar-refractivity contribution is 0.114. The summed E-state index contributed by atoms with van der Waals surface area (Å²) >= 11 is 33.0. The topological polar surface area (TPSA) is 0 Å². The van der Waals surface area contributed by atoms with Crippen molar-refractivity contribution >= 4 is 75.8 Å². The third-order valence-corrected chi connectivity index (χ3v) is 15.8. The van der Waals surface area contributed by atoms with E-state index >= 15 is 0 Å². The van der Waals surface area contributed by atoms with Gasteiger partial charge in [-0.2, -0.15) is 75.8 Å². The van der Waals surface area contributed by atoms with Crippen molar-refractivity contribution in [2.75, 3.05) is 5.75 Å². The highest BCUT2D eigenvalue weighted by molar-refractivity contribution is 7.85. The first kappa shape index (κ1) is 54.1. The molecular formula is C46H94S6. The molecule has 314 valence electrons. The highest BCUT2D eigenvalue weighted by Crippen LogP contribution is 2.55. The van der Waals surface area contributed by atoms with E-state index in [4.69, 9.17) is 75.8 Å². The largest absolute Gasteiger partial charge is 0.179 e. The summed E-state index contributed by atoms with van der Waals surface area (Å²) in [6, 6.07) is 0. The standard InChI is InChI=1S/C46H94S6/c1-36(2)26-17-9-13-21-31-41(48)40(30-25-35-47)46(43(50)33-23-15-11-19-28-38(5)6,44(51)34-24-16-12-20-29-39(7)8)45(52)42(49)32-22-14-10-18-27-37(3)4/h36-45,47-52H,9-35H2,1-8H3. The summed E-state index contributed by atoms with van der Waals surface area (Å²) in [6.07, 6.45) is 33.1. The predicted octanol–water partition coefficient (Wildman–Crippen LogP) is 16.8. The van der Waals surface area contributed by atoms with Crippen molar-refractivity contribution < 1.29 is 0 Å². The van der Waals surface area contributed by atoms with Crippen LogP contribution in [-0.4, -0.2) is 32.0 Å². The zero-order valence-corrected chi connectivity index (χ0v) is 41.4. The lowest BCUT2D eigenvalue weighted by atomic mass is 9.61. The van der Waals surface area contributed by atoms with Crippen LogP contribution in [0.2, 0.25) is 0 Å². The van der Waals surface area contributed by atoms with Gasteiger partial charge in [-0.1, -0.05) is 184 Å². The van der Waals surface area contributed by atoms with Gasteiger partial charge < -0.3 is 0 Å². The molecule has 0 aliphatic rings. The van der Waals surface area contributed by atoms with Crippen LogP contribution in [0.15, 0.2) is 0 Å². The number of rotatable bonds is 37. The van der Waals surface area contributed by atoms with Crippen LogP contribution in [0.5, 0.6) is 0 Å². The molecule has 0 aromatic carbocycles. The first-order valence-corrected chi connectivity index (χ1v) is 25.9. The molecule has 0 aromatic rings. The molecule has 0 radical (unpaired) electrons. The molecule has 6 atom stereocenters. The number of hydrogen-bond acceptors (Lipinski definition) is 6. The van der Waals surface area contributed by atoms with E-state index in [0.29, 0.717) is 11.2 Å². The van der Waals surface area contributed by atoms with Crippen molar-refractivity contribution in [2.45, 2.75) is 249 Å². The van der Waals surface area contributed by atoms with E-state index in [1.165, 1.54) is 135 Å². The molecular weight excluding hydrogens is 745 g/mol. The molecule has 0 heterocycles. The minimum atomic E-state index is -0.151. The van der Waals surface area contributed by atoms with Gasteiger partial charge in [0.15, 0.2) is 0 Å². The number of thiol groups is 6. The Morgan fingerprint density at radius 2 is 0.615 bits per heavy atom. The summed E-state index contributed by atoms with van der Waals surface area (Å²) in [5, 5.41) is 1.14. The highest BCUT2D eigenvalue weighted by atomic mass is 32.1. The third kappa shape index (κ3) is 24.8. The predicted molar refractivity (Wildman–Crippen MR) is 263 cm³/mol.